The van der Waals surface area contributed by atoms with E-state index in [2.05, 4.69) is 5.32 Å². The van der Waals surface area contributed by atoms with Gasteiger partial charge >= 0.3 is 0 Å². The summed E-state index contributed by atoms with van der Waals surface area (Å²) in [5.41, 5.74) is 0.690. The highest BCUT2D eigenvalue weighted by atomic mass is 32.2. The number of hydrogen-bond acceptors (Lipinski definition) is 4. The maximum absolute atomic E-state index is 12.7. The fraction of sp³-hybridized carbons (Fsp3) is 0.556. The van der Waals surface area contributed by atoms with Gasteiger partial charge in [0.2, 0.25) is 11.8 Å². The van der Waals surface area contributed by atoms with Crippen LogP contribution < -0.4 is 10.1 Å². The predicted molar refractivity (Wildman–Crippen MR) is 96.2 cm³/mol. The van der Waals surface area contributed by atoms with Crippen molar-refractivity contribution in [3.05, 3.63) is 24.3 Å². The third-order valence-electron chi connectivity index (χ3n) is 4.55. The van der Waals surface area contributed by atoms with Crippen molar-refractivity contribution in [3.8, 4) is 5.75 Å². The van der Waals surface area contributed by atoms with E-state index in [-0.39, 0.29) is 17.9 Å². The minimum Gasteiger partial charge on any atom is -0.488 e. The smallest absolute Gasteiger partial charge is 0.248 e. The van der Waals surface area contributed by atoms with Crippen LogP contribution >= 0.6 is 11.8 Å². The first kappa shape index (κ1) is 17.1. The van der Waals surface area contributed by atoms with Crippen LogP contribution in [-0.2, 0) is 9.59 Å². The molecule has 1 aliphatic heterocycles. The number of benzene rings is 1. The first-order valence-electron chi connectivity index (χ1n) is 8.62. The van der Waals surface area contributed by atoms with Gasteiger partial charge in [-0.05, 0) is 37.8 Å². The Morgan fingerprint density at radius 2 is 2.04 bits per heavy atom. The summed E-state index contributed by atoms with van der Waals surface area (Å²) in [5, 5.41) is 2.96. The second-order valence-electron chi connectivity index (χ2n) is 6.24. The molecule has 2 amide bonds. The molecule has 1 aromatic carbocycles. The third-order valence-corrected chi connectivity index (χ3v) is 5.56. The molecule has 24 heavy (non-hydrogen) atoms. The molecule has 2 fully saturated rings. The van der Waals surface area contributed by atoms with E-state index in [9.17, 15) is 9.59 Å². The summed E-state index contributed by atoms with van der Waals surface area (Å²) in [6.07, 6.45) is 5.20. The largest absolute Gasteiger partial charge is 0.488 e. The molecule has 1 saturated heterocycles. The zero-order valence-electron chi connectivity index (χ0n) is 14.0. The van der Waals surface area contributed by atoms with Crippen LogP contribution in [0.3, 0.4) is 0 Å². The zero-order chi connectivity index (χ0) is 16.9. The Kier molecular flexibility index (Phi) is 5.66. The second-order valence-corrected chi connectivity index (χ2v) is 7.24. The van der Waals surface area contributed by atoms with Gasteiger partial charge in [0.25, 0.3) is 0 Å². The summed E-state index contributed by atoms with van der Waals surface area (Å²) in [7, 11) is 0. The molecule has 3 rings (SSSR count). The highest BCUT2D eigenvalue weighted by Gasteiger charge is 2.34. The summed E-state index contributed by atoms with van der Waals surface area (Å²) in [6, 6.07) is 7.15. The van der Waals surface area contributed by atoms with Crippen molar-refractivity contribution >= 4 is 29.3 Å². The van der Waals surface area contributed by atoms with Crippen molar-refractivity contribution in [2.75, 3.05) is 16.9 Å². The Morgan fingerprint density at radius 3 is 2.79 bits per heavy atom. The van der Waals surface area contributed by atoms with Crippen molar-refractivity contribution in [1.82, 2.24) is 4.90 Å². The molecule has 0 aromatic heterocycles. The quantitative estimate of drug-likeness (QED) is 0.887. The maximum Gasteiger partial charge on any atom is 0.248 e. The molecule has 1 saturated carbocycles. The molecule has 0 bridgehead atoms. The molecule has 130 valence electrons. The molecular weight excluding hydrogens is 324 g/mol. The van der Waals surface area contributed by atoms with Gasteiger partial charge in [-0.2, -0.15) is 0 Å². The van der Waals surface area contributed by atoms with Gasteiger partial charge in [-0.25, -0.2) is 0 Å². The van der Waals surface area contributed by atoms with E-state index >= 15 is 0 Å². The van der Waals surface area contributed by atoms with E-state index in [1.54, 1.807) is 16.7 Å². The number of thioether (sulfide) groups is 1. The summed E-state index contributed by atoms with van der Waals surface area (Å²) in [5.74, 6) is 1.84. The molecule has 0 radical (unpaired) electrons. The Balaban J connectivity index is 1.68. The SMILES string of the molecule is CCC(=O)N1CSC[C@@H]1C(=O)Nc1ccccc1OC1CCCC1. The Labute approximate surface area is 147 Å². The van der Waals surface area contributed by atoms with Crippen LogP contribution in [0.1, 0.15) is 39.0 Å². The number of carbonyl (C=O) groups is 2. The van der Waals surface area contributed by atoms with E-state index in [4.69, 9.17) is 4.74 Å². The van der Waals surface area contributed by atoms with E-state index in [1.807, 2.05) is 31.2 Å². The van der Waals surface area contributed by atoms with Gasteiger partial charge in [-0.15, -0.1) is 11.8 Å². The van der Waals surface area contributed by atoms with Crippen LogP contribution in [0.15, 0.2) is 24.3 Å². The number of rotatable bonds is 5. The van der Waals surface area contributed by atoms with Crippen LogP contribution in [0.25, 0.3) is 0 Å². The van der Waals surface area contributed by atoms with Crippen LogP contribution in [-0.4, -0.2) is 40.5 Å². The van der Waals surface area contributed by atoms with Gasteiger partial charge in [-0.1, -0.05) is 19.1 Å². The minimum atomic E-state index is -0.401. The number of nitrogens with one attached hydrogen (secondary N) is 1. The maximum atomic E-state index is 12.7. The van der Waals surface area contributed by atoms with Crippen molar-refractivity contribution in [2.45, 2.75) is 51.2 Å². The van der Waals surface area contributed by atoms with E-state index in [0.717, 1.165) is 18.6 Å². The van der Waals surface area contributed by atoms with Crippen molar-refractivity contribution < 1.29 is 14.3 Å². The normalized spacial score (nSPS) is 21.0. The van der Waals surface area contributed by atoms with E-state index in [1.165, 1.54) is 12.8 Å². The first-order chi connectivity index (χ1) is 11.7. The highest BCUT2D eigenvalue weighted by Crippen LogP contribution is 2.30. The molecule has 0 unspecified atom stereocenters. The number of nitrogens with zero attached hydrogens (tertiary/aromatic N) is 1. The molecular formula is C18H24N2O3S. The lowest BCUT2D eigenvalue weighted by Gasteiger charge is -2.23. The molecule has 0 spiro atoms. The van der Waals surface area contributed by atoms with Crippen molar-refractivity contribution in [2.24, 2.45) is 0 Å². The molecule has 1 aromatic rings. The number of anilines is 1. The van der Waals surface area contributed by atoms with Crippen LogP contribution in [0.2, 0.25) is 0 Å². The van der Waals surface area contributed by atoms with Crippen molar-refractivity contribution in [3.63, 3.8) is 0 Å². The fourth-order valence-corrected chi connectivity index (χ4v) is 4.36. The minimum absolute atomic E-state index is 0.0237. The van der Waals surface area contributed by atoms with Crippen molar-refractivity contribution in [1.29, 1.82) is 0 Å². The number of hydrogen-bond donors (Lipinski definition) is 1. The van der Waals surface area contributed by atoms with Crippen LogP contribution in [0, 0.1) is 0 Å². The van der Waals surface area contributed by atoms with Crippen LogP contribution in [0.5, 0.6) is 5.75 Å². The number of ether oxygens (including phenoxy) is 1. The van der Waals surface area contributed by atoms with Gasteiger partial charge in [0.05, 0.1) is 17.7 Å². The topological polar surface area (TPSA) is 58.6 Å². The molecule has 1 aliphatic carbocycles. The average molecular weight is 348 g/mol. The number of para-hydroxylation sites is 2. The fourth-order valence-electron chi connectivity index (χ4n) is 3.18. The summed E-state index contributed by atoms with van der Waals surface area (Å²) in [4.78, 5) is 26.3. The molecule has 1 atom stereocenters. The molecule has 5 nitrogen and oxygen atoms in total. The highest BCUT2D eigenvalue weighted by molar-refractivity contribution is 7.99. The lowest BCUT2D eigenvalue weighted by Crippen LogP contribution is -2.44. The molecule has 1 N–H and O–H groups in total. The second kappa shape index (κ2) is 7.92. The molecule has 6 heteroatoms. The Hall–Kier alpha value is -1.69. The van der Waals surface area contributed by atoms with Gasteiger partial charge in [-0.3, -0.25) is 9.59 Å². The Morgan fingerprint density at radius 1 is 1.29 bits per heavy atom. The zero-order valence-corrected chi connectivity index (χ0v) is 14.8. The van der Waals surface area contributed by atoms with Gasteiger partial charge in [0.1, 0.15) is 11.8 Å². The average Bonchev–Trinajstić information content (AvgIpc) is 3.27. The summed E-state index contributed by atoms with van der Waals surface area (Å²) < 4.78 is 6.06. The molecule has 2 aliphatic rings. The lowest BCUT2D eigenvalue weighted by molar-refractivity contribution is -0.135. The first-order valence-corrected chi connectivity index (χ1v) is 9.78. The van der Waals surface area contributed by atoms with Gasteiger partial charge in [0.15, 0.2) is 0 Å². The monoisotopic (exact) mass is 348 g/mol. The summed E-state index contributed by atoms with van der Waals surface area (Å²) in [6.45, 7) is 1.82. The summed E-state index contributed by atoms with van der Waals surface area (Å²) >= 11 is 1.62. The predicted octanol–water partition coefficient (Wildman–Crippen LogP) is 3.26. The van der Waals surface area contributed by atoms with Gasteiger partial charge in [0, 0.05) is 12.2 Å². The van der Waals surface area contributed by atoms with Gasteiger partial charge < -0.3 is 15.0 Å². The Bertz CT molecular complexity index is 602. The lowest BCUT2D eigenvalue weighted by atomic mass is 10.2. The molecule has 1 heterocycles. The van der Waals surface area contributed by atoms with Crippen LogP contribution in [0.4, 0.5) is 5.69 Å². The number of amides is 2. The standard InChI is InChI=1S/C18H24N2O3S/c1-2-17(21)20-12-24-11-15(20)18(22)19-14-9-5-6-10-16(14)23-13-7-3-4-8-13/h5-6,9-10,13,15H,2-4,7-8,11-12H2,1H3,(H,19,22)/t15-/m1/s1. The van der Waals surface area contributed by atoms with E-state index in [0.29, 0.717) is 23.7 Å². The third kappa shape index (κ3) is 3.86. The van der Waals surface area contributed by atoms with E-state index < -0.39 is 6.04 Å². The number of carbonyl (C=O) groups excluding carboxylic acids is 2.